The molecule has 0 aliphatic carbocycles. The minimum atomic E-state index is -0.136. The lowest BCUT2D eigenvalue weighted by molar-refractivity contribution is 0.199. The molecule has 0 saturated carbocycles. The van der Waals surface area contributed by atoms with Crippen molar-refractivity contribution in [1.82, 2.24) is 19.7 Å². The summed E-state index contributed by atoms with van der Waals surface area (Å²) in [6.45, 7) is 5.08. The van der Waals surface area contributed by atoms with E-state index in [0.29, 0.717) is 29.8 Å². The van der Waals surface area contributed by atoms with Gasteiger partial charge in [-0.05, 0) is 44.5 Å². The number of aromatic nitrogens is 3. The van der Waals surface area contributed by atoms with E-state index in [1.54, 1.807) is 10.6 Å². The standard InChI is InChI=1S/C17H23ClN4O3/c1-3-22-16(19-20-17(22)24)11-4-6-21(7-5-11)10-12-8-15(25-2)14(23)9-13(12)18/h8-9,11,23H,3-7,10H2,1-2H3,(H,20,24). The molecular weight excluding hydrogens is 344 g/mol. The third-order valence-electron chi connectivity index (χ3n) is 4.80. The Morgan fingerprint density at radius 3 is 2.76 bits per heavy atom. The third-order valence-corrected chi connectivity index (χ3v) is 5.15. The van der Waals surface area contributed by atoms with Crippen LogP contribution < -0.4 is 10.4 Å². The summed E-state index contributed by atoms with van der Waals surface area (Å²) in [5, 5.41) is 17.1. The number of piperidine rings is 1. The zero-order chi connectivity index (χ0) is 18.0. The molecule has 1 saturated heterocycles. The van der Waals surface area contributed by atoms with Crippen molar-refractivity contribution in [3.63, 3.8) is 0 Å². The molecule has 2 heterocycles. The average Bonchev–Trinajstić information content (AvgIpc) is 2.98. The summed E-state index contributed by atoms with van der Waals surface area (Å²) < 4.78 is 6.87. The van der Waals surface area contributed by atoms with Crippen LogP contribution in [0.15, 0.2) is 16.9 Å². The maximum Gasteiger partial charge on any atom is 0.343 e. The Morgan fingerprint density at radius 2 is 2.12 bits per heavy atom. The van der Waals surface area contributed by atoms with Crippen LogP contribution in [-0.2, 0) is 13.1 Å². The first kappa shape index (κ1) is 17.8. The number of H-pyrrole nitrogens is 1. The van der Waals surface area contributed by atoms with Gasteiger partial charge >= 0.3 is 5.69 Å². The normalized spacial score (nSPS) is 16.3. The Kier molecular flexibility index (Phi) is 5.34. The lowest BCUT2D eigenvalue weighted by atomic mass is 9.95. The smallest absolute Gasteiger partial charge is 0.343 e. The molecule has 1 aliphatic heterocycles. The summed E-state index contributed by atoms with van der Waals surface area (Å²) in [5.74, 6) is 1.63. The highest BCUT2D eigenvalue weighted by Gasteiger charge is 2.25. The molecule has 1 fully saturated rings. The number of aromatic hydroxyl groups is 1. The Morgan fingerprint density at radius 1 is 1.40 bits per heavy atom. The number of likely N-dealkylation sites (tertiary alicyclic amines) is 1. The molecule has 0 bridgehead atoms. The lowest BCUT2D eigenvalue weighted by Gasteiger charge is -2.31. The van der Waals surface area contributed by atoms with Gasteiger partial charge in [-0.15, -0.1) is 0 Å². The van der Waals surface area contributed by atoms with Crippen molar-refractivity contribution in [2.75, 3.05) is 20.2 Å². The monoisotopic (exact) mass is 366 g/mol. The van der Waals surface area contributed by atoms with Crippen LogP contribution in [0, 0.1) is 0 Å². The summed E-state index contributed by atoms with van der Waals surface area (Å²) in [5.41, 5.74) is 0.794. The van der Waals surface area contributed by atoms with Crippen LogP contribution in [-0.4, -0.2) is 45.0 Å². The molecule has 1 aliphatic rings. The van der Waals surface area contributed by atoms with Crippen molar-refractivity contribution < 1.29 is 9.84 Å². The van der Waals surface area contributed by atoms with Gasteiger partial charge in [0.1, 0.15) is 5.82 Å². The molecular formula is C17H23ClN4O3. The predicted octanol–water partition coefficient (Wildman–Crippen LogP) is 2.34. The lowest BCUT2D eigenvalue weighted by Crippen LogP contribution is -2.33. The summed E-state index contributed by atoms with van der Waals surface area (Å²) in [6, 6.07) is 3.30. The van der Waals surface area contributed by atoms with Gasteiger partial charge in [0.25, 0.3) is 0 Å². The number of rotatable bonds is 5. The highest BCUT2D eigenvalue weighted by atomic mass is 35.5. The van der Waals surface area contributed by atoms with E-state index >= 15 is 0 Å². The summed E-state index contributed by atoms with van der Waals surface area (Å²) >= 11 is 6.25. The number of ether oxygens (including phenoxy) is 1. The summed E-state index contributed by atoms with van der Waals surface area (Å²) in [6.07, 6.45) is 1.88. The number of methoxy groups -OCH3 is 1. The van der Waals surface area contributed by atoms with E-state index in [1.807, 2.05) is 6.92 Å². The SMILES string of the molecule is CCn1c(C2CCN(Cc3cc(OC)c(O)cc3Cl)CC2)n[nH]c1=O. The van der Waals surface area contributed by atoms with Crippen molar-refractivity contribution in [2.24, 2.45) is 0 Å². The molecule has 3 rings (SSSR count). The van der Waals surface area contributed by atoms with E-state index in [2.05, 4.69) is 15.1 Å². The predicted molar refractivity (Wildman–Crippen MR) is 95.4 cm³/mol. The van der Waals surface area contributed by atoms with Crippen molar-refractivity contribution in [1.29, 1.82) is 0 Å². The van der Waals surface area contributed by atoms with Crippen LogP contribution >= 0.6 is 11.6 Å². The molecule has 0 atom stereocenters. The number of phenolic OH excluding ortho intramolecular Hbond substituents is 1. The Labute approximate surface area is 151 Å². The first-order valence-corrected chi connectivity index (χ1v) is 8.84. The van der Waals surface area contributed by atoms with E-state index < -0.39 is 0 Å². The second kappa shape index (κ2) is 7.49. The van der Waals surface area contributed by atoms with Crippen molar-refractivity contribution in [3.8, 4) is 11.5 Å². The molecule has 1 aromatic carbocycles. The number of nitrogens with one attached hydrogen (secondary N) is 1. The minimum absolute atomic E-state index is 0.0472. The van der Waals surface area contributed by atoms with E-state index in [-0.39, 0.29) is 11.4 Å². The van der Waals surface area contributed by atoms with Crippen LogP contribution in [0.1, 0.15) is 37.1 Å². The van der Waals surface area contributed by atoms with Gasteiger partial charge in [0.2, 0.25) is 0 Å². The summed E-state index contributed by atoms with van der Waals surface area (Å²) in [7, 11) is 1.52. The molecule has 25 heavy (non-hydrogen) atoms. The Hall–Kier alpha value is -1.99. The fourth-order valence-corrected chi connectivity index (χ4v) is 3.62. The molecule has 8 heteroatoms. The van der Waals surface area contributed by atoms with Gasteiger partial charge in [-0.3, -0.25) is 9.47 Å². The number of hydrogen-bond acceptors (Lipinski definition) is 5. The number of hydrogen-bond donors (Lipinski definition) is 2. The first-order chi connectivity index (χ1) is 12.0. The maximum absolute atomic E-state index is 11.7. The topological polar surface area (TPSA) is 83.4 Å². The number of phenols is 1. The van der Waals surface area contributed by atoms with E-state index in [4.69, 9.17) is 16.3 Å². The molecule has 2 aromatic rings. The zero-order valence-corrected chi connectivity index (χ0v) is 15.2. The first-order valence-electron chi connectivity index (χ1n) is 8.46. The van der Waals surface area contributed by atoms with Crippen LogP contribution in [0.25, 0.3) is 0 Å². The maximum atomic E-state index is 11.7. The van der Waals surface area contributed by atoms with E-state index in [1.165, 1.54) is 13.2 Å². The second-order valence-electron chi connectivity index (χ2n) is 6.30. The molecule has 0 unspecified atom stereocenters. The number of nitrogens with zero attached hydrogens (tertiary/aromatic N) is 3. The molecule has 2 N–H and O–H groups in total. The van der Waals surface area contributed by atoms with Gasteiger partial charge in [-0.1, -0.05) is 11.6 Å². The van der Waals surface area contributed by atoms with E-state index in [9.17, 15) is 9.90 Å². The van der Waals surface area contributed by atoms with Crippen molar-refractivity contribution in [3.05, 3.63) is 39.0 Å². The van der Waals surface area contributed by atoms with Crippen LogP contribution in [0.3, 0.4) is 0 Å². The van der Waals surface area contributed by atoms with Gasteiger partial charge in [0.15, 0.2) is 11.5 Å². The Bertz CT molecular complexity index is 794. The fourth-order valence-electron chi connectivity index (χ4n) is 3.41. The minimum Gasteiger partial charge on any atom is -0.504 e. The second-order valence-corrected chi connectivity index (χ2v) is 6.70. The highest BCUT2D eigenvalue weighted by molar-refractivity contribution is 6.31. The van der Waals surface area contributed by atoms with Gasteiger partial charge in [-0.25, -0.2) is 9.89 Å². The van der Waals surface area contributed by atoms with Gasteiger partial charge in [0, 0.05) is 30.1 Å². The highest BCUT2D eigenvalue weighted by Crippen LogP contribution is 2.34. The van der Waals surface area contributed by atoms with Gasteiger partial charge < -0.3 is 9.84 Å². The average molecular weight is 367 g/mol. The third kappa shape index (κ3) is 3.67. The Balaban J connectivity index is 1.66. The molecule has 7 nitrogen and oxygen atoms in total. The molecule has 0 spiro atoms. The van der Waals surface area contributed by atoms with Gasteiger partial charge in [-0.2, -0.15) is 5.10 Å². The quantitative estimate of drug-likeness (QED) is 0.848. The molecule has 136 valence electrons. The zero-order valence-electron chi connectivity index (χ0n) is 14.5. The largest absolute Gasteiger partial charge is 0.504 e. The van der Waals surface area contributed by atoms with Crippen molar-refractivity contribution in [2.45, 2.75) is 38.8 Å². The fraction of sp³-hybridized carbons (Fsp3) is 0.529. The molecule has 0 amide bonds. The van der Waals surface area contributed by atoms with Crippen molar-refractivity contribution >= 4 is 11.6 Å². The van der Waals surface area contributed by atoms with Crippen LogP contribution in [0.2, 0.25) is 5.02 Å². The molecule has 0 radical (unpaired) electrons. The number of halogens is 1. The molecule has 1 aromatic heterocycles. The van der Waals surface area contributed by atoms with E-state index in [0.717, 1.165) is 37.3 Å². The van der Waals surface area contributed by atoms with Crippen LogP contribution in [0.5, 0.6) is 11.5 Å². The summed E-state index contributed by atoms with van der Waals surface area (Å²) in [4.78, 5) is 14.0. The van der Waals surface area contributed by atoms with Gasteiger partial charge in [0.05, 0.1) is 7.11 Å². The number of aromatic amines is 1. The number of benzene rings is 1. The van der Waals surface area contributed by atoms with Crippen LogP contribution in [0.4, 0.5) is 0 Å².